The molecule has 3 N–H and O–H groups in total. The van der Waals surface area contributed by atoms with Gasteiger partial charge in [0.25, 0.3) is 0 Å². The molecule has 0 spiro atoms. The number of aryl methyl sites for hydroxylation is 1. The Labute approximate surface area is 150 Å². The summed E-state index contributed by atoms with van der Waals surface area (Å²) in [6.07, 6.45) is 0. The molecule has 9 heteroatoms. The van der Waals surface area contributed by atoms with Crippen LogP contribution in [0.3, 0.4) is 0 Å². The molecule has 1 aromatic heterocycles. The standard InChI is InChI=1S/C16H20ClFN6O/c1-10-21-14(9-15(22-10)24(2)3)19-6-7-20-16(25)23-11-4-5-13(18)12(17)8-11/h4-5,8-9H,6-7H2,1-3H3,(H,19,21,22)(H2,20,23,25). The third kappa shape index (κ3) is 5.75. The van der Waals surface area contributed by atoms with E-state index in [1.165, 1.54) is 18.2 Å². The minimum absolute atomic E-state index is 0.0460. The monoisotopic (exact) mass is 366 g/mol. The van der Waals surface area contributed by atoms with Crippen molar-refractivity contribution in [2.45, 2.75) is 6.92 Å². The van der Waals surface area contributed by atoms with Crippen LogP contribution in [0.25, 0.3) is 0 Å². The lowest BCUT2D eigenvalue weighted by Gasteiger charge is -2.14. The molecule has 134 valence electrons. The fraction of sp³-hybridized carbons (Fsp3) is 0.312. The first-order valence-corrected chi connectivity index (χ1v) is 8.00. The number of hydrogen-bond donors (Lipinski definition) is 3. The molecule has 2 amide bonds. The van der Waals surface area contributed by atoms with Crippen molar-refractivity contribution in [2.75, 3.05) is 42.7 Å². The van der Waals surface area contributed by atoms with E-state index in [0.717, 1.165) is 5.82 Å². The summed E-state index contributed by atoms with van der Waals surface area (Å²) in [6.45, 7) is 2.68. The molecule has 0 radical (unpaired) electrons. The molecule has 1 heterocycles. The molecular weight excluding hydrogens is 347 g/mol. The topological polar surface area (TPSA) is 82.2 Å². The van der Waals surface area contributed by atoms with Crippen molar-refractivity contribution < 1.29 is 9.18 Å². The molecule has 2 aromatic rings. The first kappa shape index (κ1) is 18.7. The van der Waals surface area contributed by atoms with Gasteiger partial charge in [0.05, 0.1) is 5.02 Å². The van der Waals surface area contributed by atoms with Crippen molar-refractivity contribution in [1.29, 1.82) is 0 Å². The van der Waals surface area contributed by atoms with Gasteiger partial charge in [-0.1, -0.05) is 11.6 Å². The van der Waals surface area contributed by atoms with Gasteiger partial charge in [-0.2, -0.15) is 0 Å². The van der Waals surface area contributed by atoms with E-state index in [1.807, 2.05) is 32.0 Å². The minimum atomic E-state index is -0.533. The highest BCUT2D eigenvalue weighted by Gasteiger charge is 2.06. The Bertz CT molecular complexity index is 755. The Morgan fingerprint density at radius 1 is 1.24 bits per heavy atom. The van der Waals surface area contributed by atoms with Crippen molar-refractivity contribution in [3.05, 3.63) is 40.9 Å². The van der Waals surface area contributed by atoms with Crippen LogP contribution in [0.15, 0.2) is 24.3 Å². The number of urea groups is 1. The van der Waals surface area contributed by atoms with Crippen LogP contribution in [-0.4, -0.2) is 43.2 Å². The fourth-order valence-electron chi connectivity index (χ4n) is 1.99. The van der Waals surface area contributed by atoms with Crippen LogP contribution in [0.4, 0.5) is 26.5 Å². The van der Waals surface area contributed by atoms with Gasteiger partial charge in [-0.05, 0) is 25.1 Å². The third-order valence-electron chi connectivity index (χ3n) is 3.18. The second-order valence-electron chi connectivity index (χ2n) is 5.49. The van der Waals surface area contributed by atoms with Crippen LogP contribution in [-0.2, 0) is 0 Å². The number of nitrogens with one attached hydrogen (secondary N) is 3. The molecule has 0 bridgehead atoms. The molecule has 0 aliphatic carbocycles. The molecule has 25 heavy (non-hydrogen) atoms. The first-order valence-electron chi connectivity index (χ1n) is 7.62. The van der Waals surface area contributed by atoms with Crippen LogP contribution in [0.1, 0.15) is 5.82 Å². The van der Waals surface area contributed by atoms with Crippen LogP contribution >= 0.6 is 11.6 Å². The average Bonchev–Trinajstić information content (AvgIpc) is 2.54. The lowest BCUT2D eigenvalue weighted by Crippen LogP contribution is -2.32. The van der Waals surface area contributed by atoms with Crippen molar-refractivity contribution in [3.8, 4) is 0 Å². The molecule has 0 atom stereocenters. The number of benzene rings is 1. The summed E-state index contributed by atoms with van der Waals surface area (Å²) in [7, 11) is 3.80. The number of nitrogens with zero attached hydrogens (tertiary/aromatic N) is 3. The summed E-state index contributed by atoms with van der Waals surface area (Å²) in [5.41, 5.74) is 0.416. The van der Waals surface area contributed by atoms with Gasteiger partial charge in [0.15, 0.2) is 0 Å². The second-order valence-corrected chi connectivity index (χ2v) is 5.90. The largest absolute Gasteiger partial charge is 0.368 e. The first-order chi connectivity index (χ1) is 11.8. The second kappa shape index (κ2) is 8.48. The van der Waals surface area contributed by atoms with Gasteiger partial charge in [0, 0.05) is 38.9 Å². The van der Waals surface area contributed by atoms with E-state index in [9.17, 15) is 9.18 Å². The van der Waals surface area contributed by atoms with E-state index in [-0.39, 0.29) is 5.02 Å². The van der Waals surface area contributed by atoms with Crippen molar-refractivity contribution in [1.82, 2.24) is 15.3 Å². The highest BCUT2D eigenvalue weighted by atomic mass is 35.5. The summed E-state index contributed by atoms with van der Waals surface area (Å²) in [6, 6.07) is 5.40. The number of anilines is 3. The lowest BCUT2D eigenvalue weighted by atomic mass is 10.3. The zero-order valence-electron chi connectivity index (χ0n) is 14.2. The van der Waals surface area contributed by atoms with E-state index >= 15 is 0 Å². The van der Waals surface area contributed by atoms with E-state index in [1.54, 1.807) is 0 Å². The summed E-state index contributed by atoms with van der Waals surface area (Å²) >= 11 is 5.67. The van der Waals surface area contributed by atoms with Gasteiger partial charge < -0.3 is 20.9 Å². The van der Waals surface area contributed by atoms with Crippen molar-refractivity contribution >= 4 is 35.0 Å². The summed E-state index contributed by atoms with van der Waals surface area (Å²) in [5.74, 6) is 1.61. The summed E-state index contributed by atoms with van der Waals surface area (Å²) in [4.78, 5) is 22.3. The van der Waals surface area contributed by atoms with E-state index in [0.29, 0.717) is 30.4 Å². The Morgan fingerprint density at radius 3 is 2.68 bits per heavy atom. The van der Waals surface area contributed by atoms with Gasteiger partial charge in [-0.3, -0.25) is 0 Å². The number of aromatic nitrogens is 2. The quantitative estimate of drug-likeness (QED) is 0.685. The van der Waals surface area contributed by atoms with Gasteiger partial charge in [0.1, 0.15) is 23.3 Å². The number of amides is 2. The maximum Gasteiger partial charge on any atom is 0.319 e. The molecule has 0 saturated carbocycles. The van der Waals surface area contributed by atoms with Crippen LogP contribution in [0.5, 0.6) is 0 Å². The Kier molecular flexibility index (Phi) is 6.35. The molecule has 0 saturated heterocycles. The Balaban J connectivity index is 1.79. The number of halogens is 2. The zero-order chi connectivity index (χ0) is 18.4. The summed E-state index contributed by atoms with van der Waals surface area (Å²) < 4.78 is 13.1. The summed E-state index contributed by atoms with van der Waals surface area (Å²) in [5, 5.41) is 8.34. The van der Waals surface area contributed by atoms with Gasteiger partial charge in [-0.15, -0.1) is 0 Å². The number of rotatable bonds is 6. The fourth-order valence-corrected chi connectivity index (χ4v) is 2.17. The SMILES string of the molecule is Cc1nc(NCCNC(=O)Nc2ccc(F)c(Cl)c2)cc(N(C)C)n1. The molecule has 0 aliphatic heterocycles. The van der Waals surface area contributed by atoms with Crippen molar-refractivity contribution in [3.63, 3.8) is 0 Å². The zero-order valence-corrected chi connectivity index (χ0v) is 15.0. The number of carbonyl (C=O) groups is 1. The molecule has 0 unspecified atom stereocenters. The van der Waals surface area contributed by atoms with Crippen molar-refractivity contribution in [2.24, 2.45) is 0 Å². The number of carbonyl (C=O) groups excluding carboxylic acids is 1. The molecular formula is C16H20ClFN6O. The minimum Gasteiger partial charge on any atom is -0.368 e. The average molecular weight is 367 g/mol. The molecule has 0 aliphatic rings. The number of hydrogen-bond acceptors (Lipinski definition) is 5. The van der Waals surface area contributed by atoms with E-state index in [4.69, 9.17) is 11.6 Å². The maximum absolute atomic E-state index is 13.1. The lowest BCUT2D eigenvalue weighted by molar-refractivity contribution is 0.252. The Hall–Kier alpha value is -2.61. The molecule has 1 aromatic carbocycles. The Morgan fingerprint density at radius 2 is 2.00 bits per heavy atom. The predicted molar refractivity (Wildman–Crippen MR) is 98.0 cm³/mol. The van der Waals surface area contributed by atoms with Gasteiger partial charge >= 0.3 is 6.03 Å². The maximum atomic E-state index is 13.1. The highest BCUT2D eigenvalue weighted by Crippen LogP contribution is 2.19. The van der Waals surface area contributed by atoms with E-state index < -0.39 is 11.8 Å². The smallest absolute Gasteiger partial charge is 0.319 e. The van der Waals surface area contributed by atoms with E-state index in [2.05, 4.69) is 25.9 Å². The third-order valence-corrected chi connectivity index (χ3v) is 3.47. The highest BCUT2D eigenvalue weighted by molar-refractivity contribution is 6.31. The van der Waals surface area contributed by atoms with Gasteiger partial charge in [0.2, 0.25) is 0 Å². The predicted octanol–water partition coefficient (Wildman–Crippen LogP) is 2.88. The van der Waals surface area contributed by atoms with Crippen LogP contribution in [0, 0.1) is 12.7 Å². The normalized spacial score (nSPS) is 10.3. The van der Waals surface area contributed by atoms with Crippen LogP contribution in [0.2, 0.25) is 5.02 Å². The molecule has 7 nitrogen and oxygen atoms in total. The molecule has 2 rings (SSSR count). The van der Waals surface area contributed by atoms with Gasteiger partial charge in [-0.25, -0.2) is 19.2 Å². The van der Waals surface area contributed by atoms with Crippen LogP contribution < -0.4 is 20.9 Å². The molecule has 0 fully saturated rings.